The maximum absolute atomic E-state index is 9.45. The summed E-state index contributed by atoms with van der Waals surface area (Å²) < 4.78 is 5.56. The van der Waals surface area contributed by atoms with Gasteiger partial charge in [0.15, 0.2) is 0 Å². The van der Waals surface area contributed by atoms with Gasteiger partial charge in [-0.1, -0.05) is 11.6 Å². The smallest absolute Gasteiger partial charge is 0.141 e. The lowest BCUT2D eigenvalue weighted by Crippen LogP contribution is -2.05. The van der Waals surface area contributed by atoms with Crippen LogP contribution < -0.4 is 4.74 Å². The Morgan fingerprint density at radius 2 is 2.29 bits per heavy atom. The molecule has 1 heterocycles. The molecular weight excluding hydrogens is 200 g/mol. The van der Waals surface area contributed by atoms with Crippen LogP contribution in [0.3, 0.4) is 0 Å². The van der Waals surface area contributed by atoms with E-state index >= 15 is 0 Å². The Bertz CT molecular complexity index is 361. The lowest BCUT2D eigenvalue weighted by Gasteiger charge is -2.08. The lowest BCUT2D eigenvalue weighted by molar-refractivity contribution is 0.199. The van der Waals surface area contributed by atoms with Crippen LogP contribution >= 0.6 is 11.6 Å². The fourth-order valence-electron chi connectivity index (χ4n) is 1.75. The zero-order valence-electron chi connectivity index (χ0n) is 8.25. The maximum atomic E-state index is 9.45. The van der Waals surface area contributed by atoms with Crippen LogP contribution in [-0.2, 0) is 6.42 Å². The predicted molar refractivity (Wildman–Crippen MR) is 55.9 cm³/mol. The summed E-state index contributed by atoms with van der Waals surface area (Å²) in [5, 5.41) is 10.0. The Kier molecular flexibility index (Phi) is 2.41. The van der Waals surface area contributed by atoms with E-state index in [9.17, 15) is 5.11 Å². The predicted octanol–water partition coefficient (Wildman–Crippen LogP) is 2.72. The quantitative estimate of drug-likeness (QED) is 0.776. The molecule has 0 radical (unpaired) electrons. The van der Waals surface area contributed by atoms with E-state index in [4.69, 9.17) is 16.3 Å². The Morgan fingerprint density at radius 3 is 2.93 bits per heavy atom. The fourth-order valence-corrected chi connectivity index (χ4v) is 2.04. The van der Waals surface area contributed by atoms with E-state index in [0.717, 1.165) is 23.3 Å². The molecule has 3 heteroatoms. The fraction of sp³-hybridized carbons (Fsp3) is 0.455. The standard InChI is InChI=1S/C11H13ClO2/c1-6-3-9-4-8(7(2)13)5-10(12)11(9)14-6/h4-7,13H,3H2,1-2H3. The molecular formula is C11H13ClO2. The van der Waals surface area contributed by atoms with Crippen molar-refractivity contribution < 1.29 is 9.84 Å². The van der Waals surface area contributed by atoms with E-state index in [1.807, 2.05) is 13.0 Å². The molecule has 1 N–H and O–H groups in total. The van der Waals surface area contributed by atoms with E-state index in [1.165, 1.54) is 0 Å². The average molecular weight is 213 g/mol. The van der Waals surface area contributed by atoms with Crippen LogP contribution in [0.25, 0.3) is 0 Å². The molecule has 76 valence electrons. The van der Waals surface area contributed by atoms with Gasteiger partial charge in [0, 0.05) is 6.42 Å². The minimum absolute atomic E-state index is 0.187. The summed E-state index contributed by atoms with van der Waals surface area (Å²) in [6, 6.07) is 3.73. The molecule has 0 bridgehead atoms. The average Bonchev–Trinajstić information content (AvgIpc) is 2.45. The van der Waals surface area contributed by atoms with Gasteiger partial charge in [-0.3, -0.25) is 0 Å². The molecule has 1 aromatic carbocycles. The topological polar surface area (TPSA) is 29.5 Å². The van der Waals surface area contributed by atoms with Crippen molar-refractivity contribution in [1.29, 1.82) is 0 Å². The van der Waals surface area contributed by atoms with Crippen LogP contribution in [0.5, 0.6) is 5.75 Å². The number of rotatable bonds is 1. The van der Waals surface area contributed by atoms with Gasteiger partial charge < -0.3 is 9.84 Å². The molecule has 0 amide bonds. The van der Waals surface area contributed by atoms with Gasteiger partial charge in [-0.05, 0) is 37.1 Å². The van der Waals surface area contributed by atoms with Crippen LogP contribution in [0.2, 0.25) is 5.02 Å². The molecule has 0 aliphatic carbocycles. The van der Waals surface area contributed by atoms with Crippen molar-refractivity contribution >= 4 is 11.6 Å². The highest BCUT2D eigenvalue weighted by molar-refractivity contribution is 6.32. The van der Waals surface area contributed by atoms with Gasteiger partial charge >= 0.3 is 0 Å². The first-order valence-electron chi connectivity index (χ1n) is 4.75. The first kappa shape index (κ1) is 9.81. The molecule has 0 aromatic heterocycles. The molecule has 0 saturated heterocycles. The highest BCUT2D eigenvalue weighted by Crippen LogP contribution is 2.38. The summed E-state index contributed by atoms with van der Waals surface area (Å²) in [7, 11) is 0. The summed E-state index contributed by atoms with van der Waals surface area (Å²) in [6.07, 6.45) is 0.579. The number of fused-ring (bicyclic) bond motifs is 1. The third kappa shape index (κ3) is 1.60. The van der Waals surface area contributed by atoms with Crippen LogP contribution in [-0.4, -0.2) is 11.2 Å². The Hall–Kier alpha value is -0.730. The number of aliphatic hydroxyl groups is 1. The summed E-state index contributed by atoms with van der Waals surface area (Å²) in [6.45, 7) is 3.75. The van der Waals surface area contributed by atoms with Crippen molar-refractivity contribution in [2.24, 2.45) is 0 Å². The first-order chi connectivity index (χ1) is 6.58. The van der Waals surface area contributed by atoms with Crippen molar-refractivity contribution in [2.45, 2.75) is 32.5 Å². The van der Waals surface area contributed by atoms with Crippen LogP contribution in [0.4, 0.5) is 0 Å². The molecule has 2 atom stereocenters. The van der Waals surface area contributed by atoms with Gasteiger partial charge in [-0.15, -0.1) is 0 Å². The molecule has 2 unspecified atom stereocenters. The van der Waals surface area contributed by atoms with E-state index in [1.54, 1.807) is 13.0 Å². The first-order valence-corrected chi connectivity index (χ1v) is 5.12. The normalized spacial score (nSPS) is 21.6. The maximum Gasteiger partial charge on any atom is 0.141 e. The van der Waals surface area contributed by atoms with Gasteiger partial charge in [-0.25, -0.2) is 0 Å². The Balaban J connectivity index is 2.46. The Labute approximate surface area is 88.5 Å². The molecule has 0 saturated carbocycles. The zero-order valence-corrected chi connectivity index (χ0v) is 9.01. The lowest BCUT2D eigenvalue weighted by atomic mass is 10.0. The SMILES string of the molecule is CC1Cc2cc(C(C)O)cc(Cl)c2O1. The molecule has 0 fully saturated rings. The van der Waals surface area contributed by atoms with Gasteiger partial charge in [0.2, 0.25) is 0 Å². The molecule has 2 nitrogen and oxygen atoms in total. The van der Waals surface area contributed by atoms with Crippen molar-refractivity contribution in [2.75, 3.05) is 0 Å². The van der Waals surface area contributed by atoms with Crippen molar-refractivity contribution in [3.8, 4) is 5.75 Å². The molecule has 14 heavy (non-hydrogen) atoms. The van der Waals surface area contributed by atoms with Crippen molar-refractivity contribution in [3.63, 3.8) is 0 Å². The minimum Gasteiger partial charge on any atom is -0.489 e. The monoisotopic (exact) mass is 212 g/mol. The summed E-state index contributed by atoms with van der Waals surface area (Å²) >= 11 is 6.05. The van der Waals surface area contributed by atoms with Gasteiger partial charge in [0.1, 0.15) is 11.9 Å². The highest BCUT2D eigenvalue weighted by Gasteiger charge is 2.23. The molecule has 1 aliphatic rings. The third-order valence-corrected chi connectivity index (χ3v) is 2.73. The van der Waals surface area contributed by atoms with Gasteiger partial charge in [0.05, 0.1) is 11.1 Å². The third-order valence-electron chi connectivity index (χ3n) is 2.45. The van der Waals surface area contributed by atoms with Gasteiger partial charge in [-0.2, -0.15) is 0 Å². The molecule has 0 spiro atoms. The summed E-state index contributed by atoms with van der Waals surface area (Å²) in [5.74, 6) is 0.781. The van der Waals surface area contributed by atoms with Crippen LogP contribution in [0.15, 0.2) is 12.1 Å². The second-order valence-corrected chi connectivity index (χ2v) is 4.21. The number of ether oxygens (including phenoxy) is 1. The van der Waals surface area contributed by atoms with E-state index in [0.29, 0.717) is 5.02 Å². The van der Waals surface area contributed by atoms with E-state index in [2.05, 4.69) is 0 Å². The Morgan fingerprint density at radius 1 is 1.57 bits per heavy atom. The van der Waals surface area contributed by atoms with E-state index < -0.39 is 6.10 Å². The number of halogens is 1. The zero-order chi connectivity index (χ0) is 10.3. The van der Waals surface area contributed by atoms with Crippen molar-refractivity contribution in [3.05, 3.63) is 28.3 Å². The molecule has 2 rings (SSSR count). The molecule has 1 aliphatic heterocycles. The highest BCUT2D eigenvalue weighted by atomic mass is 35.5. The number of hydrogen-bond donors (Lipinski definition) is 1. The second-order valence-electron chi connectivity index (χ2n) is 3.80. The summed E-state index contributed by atoms with van der Waals surface area (Å²) in [4.78, 5) is 0. The number of hydrogen-bond acceptors (Lipinski definition) is 2. The second kappa shape index (κ2) is 3.44. The van der Waals surface area contributed by atoms with Crippen LogP contribution in [0.1, 0.15) is 31.1 Å². The largest absolute Gasteiger partial charge is 0.489 e. The number of aliphatic hydroxyl groups excluding tert-OH is 1. The molecule has 1 aromatic rings. The van der Waals surface area contributed by atoms with Crippen molar-refractivity contribution in [1.82, 2.24) is 0 Å². The number of benzene rings is 1. The summed E-state index contributed by atoms with van der Waals surface area (Å²) in [5.41, 5.74) is 1.95. The van der Waals surface area contributed by atoms with Crippen LogP contribution in [0, 0.1) is 0 Å². The minimum atomic E-state index is -0.478. The van der Waals surface area contributed by atoms with Gasteiger partial charge in [0.25, 0.3) is 0 Å². The van der Waals surface area contributed by atoms with E-state index in [-0.39, 0.29) is 6.10 Å².